The van der Waals surface area contributed by atoms with Crippen LogP contribution in [0.15, 0.2) is 48.1 Å². The second kappa shape index (κ2) is 13.3. The minimum absolute atomic E-state index is 0.00198. The predicted molar refractivity (Wildman–Crippen MR) is 178 cm³/mol. The van der Waals surface area contributed by atoms with Crippen LogP contribution >= 0.6 is 0 Å². The van der Waals surface area contributed by atoms with Gasteiger partial charge in [0.05, 0.1) is 20.3 Å². The largest absolute Gasteiger partial charge is 0.497 e. The molecule has 0 spiro atoms. The molecule has 1 aromatic rings. The maximum atomic E-state index is 13.3. The van der Waals surface area contributed by atoms with Crippen LogP contribution in [0.4, 0.5) is 0 Å². The van der Waals surface area contributed by atoms with Crippen LogP contribution in [0.3, 0.4) is 0 Å². The van der Waals surface area contributed by atoms with Crippen LogP contribution in [0, 0.1) is 52.3 Å². The van der Waals surface area contributed by atoms with E-state index in [9.17, 15) is 14.7 Å². The number of carbonyl (C=O) groups is 2. The number of hydrogen-bond acceptors (Lipinski definition) is 5. The van der Waals surface area contributed by atoms with E-state index in [1.165, 1.54) is 39.2 Å². The highest BCUT2D eigenvalue weighted by Crippen LogP contribution is 2.67. The summed E-state index contributed by atoms with van der Waals surface area (Å²) in [6.07, 6.45) is 12.8. The fourth-order valence-electron chi connectivity index (χ4n) is 10.5. The van der Waals surface area contributed by atoms with Crippen molar-refractivity contribution in [3.05, 3.63) is 53.6 Å². The molecular formula is C39H57NO5. The van der Waals surface area contributed by atoms with E-state index in [0.717, 1.165) is 31.6 Å². The number of esters is 1. The molecule has 0 radical (unpaired) electrons. The standard InChI is InChI=1S/C39H57NO5/c1-23(25(3)36(42)40-35(37(43)45-8)27-11-13-28(44-7)14-12-27)9-10-24(2)30-17-18-32-29-15-16-31-26(4)34(41)20-22-39(31,6)33(29)19-21-38(30,32)5/h11-14,18,23-24,26,29-31,33-35,41H,3,9-10,15-17,19-22H2,1-2,4-8H3,(H,40,42)/t23?,24-,26+,29+,30-,31?,33+,34+,35+,38-,39+/m1/s1. The highest BCUT2D eigenvalue weighted by molar-refractivity contribution is 5.96. The molecule has 0 aliphatic heterocycles. The van der Waals surface area contributed by atoms with Gasteiger partial charge in [0.15, 0.2) is 6.04 Å². The molecule has 3 saturated carbocycles. The lowest BCUT2D eigenvalue weighted by Gasteiger charge is -2.61. The molecule has 0 saturated heterocycles. The molecule has 6 nitrogen and oxygen atoms in total. The van der Waals surface area contributed by atoms with Crippen LogP contribution in [0.25, 0.3) is 0 Å². The zero-order chi connectivity index (χ0) is 32.7. The second-order valence-electron chi connectivity index (χ2n) is 15.5. The van der Waals surface area contributed by atoms with Gasteiger partial charge in [-0.2, -0.15) is 0 Å². The zero-order valence-corrected chi connectivity index (χ0v) is 28.7. The van der Waals surface area contributed by atoms with Crippen molar-refractivity contribution in [1.29, 1.82) is 0 Å². The Balaban J connectivity index is 1.18. The van der Waals surface area contributed by atoms with Gasteiger partial charge in [0.25, 0.3) is 0 Å². The van der Waals surface area contributed by atoms with Gasteiger partial charge >= 0.3 is 5.97 Å². The summed E-state index contributed by atoms with van der Waals surface area (Å²) < 4.78 is 10.2. The smallest absolute Gasteiger partial charge is 0.333 e. The molecule has 5 rings (SSSR count). The van der Waals surface area contributed by atoms with Gasteiger partial charge in [-0.15, -0.1) is 0 Å². The minimum Gasteiger partial charge on any atom is -0.497 e. The van der Waals surface area contributed by atoms with Gasteiger partial charge in [-0.1, -0.05) is 65.0 Å². The van der Waals surface area contributed by atoms with Crippen molar-refractivity contribution >= 4 is 11.9 Å². The molecule has 45 heavy (non-hydrogen) atoms. The molecule has 2 N–H and O–H groups in total. The average Bonchev–Trinajstić information content (AvgIpc) is 3.40. The van der Waals surface area contributed by atoms with Crippen molar-refractivity contribution in [1.82, 2.24) is 5.32 Å². The molecule has 6 heteroatoms. The van der Waals surface area contributed by atoms with E-state index < -0.39 is 12.0 Å². The van der Waals surface area contributed by atoms with Gasteiger partial charge in [0.2, 0.25) is 5.91 Å². The SMILES string of the molecule is C=C(C(=O)N[C@H](C(=O)OC)c1ccc(OC)cc1)C(C)CC[C@@H](C)[C@H]1CC=C2[C@@H]3CCC4[C@H](C)[C@@H](O)CC[C@]4(C)[C@H]3CC[C@@]21C. The summed E-state index contributed by atoms with van der Waals surface area (Å²) in [5.74, 6) is 3.50. The van der Waals surface area contributed by atoms with E-state index in [2.05, 4.69) is 52.6 Å². The summed E-state index contributed by atoms with van der Waals surface area (Å²) in [7, 11) is 2.91. The van der Waals surface area contributed by atoms with E-state index in [-0.39, 0.29) is 23.3 Å². The molecule has 3 fully saturated rings. The van der Waals surface area contributed by atoms with Crippen molar-refractivity contribution in [3.63, 3.8) is 0 Å². The number of amides is 1. The Bertz CT molecular complexity index is 1290. The summed E-state index contributed by atoms with van der Waals surface area (Å²) >= 11 is 0. The van der Waals surface area contributed by atoms with Crippen molar-refractivity contribution in [2.45, 2.75) is 105 Å². The highest BCUT2D eigenvalue weighted by atomic mass is 16.5. The summed E-state index contributed by atoms with van der Waals surface area (Å²) in [4.78, 5) is 25.9. The van der Waals surface area contributed by atoms with Crippen molar-refractivity contribution < 1.29 is 24.2 Å². The average molecular weight is 620 g/mol. The number of aliphatic hydroxyl groups excluding tert-OH is 1. The third kappa shape index (κ3) is 6.13. The lowest BCUT2D eigenvalue weighted by Crippen LogP contribution is -2.54. The Morgan fingerprint density at radius 3 is 2.40 bits per heavy atom. The summed E-state index contributed by atoms with van der Waals surface area (Å²) in [5, 5.41) is 13.5. The predicted octanol–water partition coefficient (Wildman–Crippen LogP) is 7.82. The summed E-state index contributed by atoms with van der Waals surface area (Å²) in [5.41, 5.74) is 3.49. The fraction of sp³-hybridized carbons (Fsp3) is 0.692. The molecular weight excluding hydrogens is 562 g/mol. The first kappa shape index (κ1) is 33.8. The van der Waals surface area contributed by atoms with Crippen molar-refractivity contribution in [3.8, 4) is 5.75 Å². The van der Waals surface area contributed by atoms with Gasteiger partial charge in [0, 0.05) is 5.57 Å². The van der Waals surface area contributed by atoms with E-state index >= 15 is 0 Å². The van der Waals surface area contributed by atoms with Crippen LogP contribution < -0.4 is 10.1 Å². The topological polar surface area (TPSA) is 84.9 Å². The number of nitrogens with one attached hydrogen (secondary N) is 1. The third-order valence-electron chi connectivity index (χ3n) is 13.4. The van der Waals surface area contributed by atoms with Gasteiger partial charge < -0.3 is 19.9 Å². The van der Waals surface area contributed by atoms with Crippen LogP contribution in [0.1, 0.15) is 104 Å². The van der Waals surface area contributed by atoms with Crippen molar-refractivity contribution in [2.24, 2.45) is 52.3 Å². The first-order chi connectivity index (χ1) is 21.3. The molecule has 4 aliphatic carbocycles. The molecule has 0 bridgehead atoms. The van der Waals surface area contributed by atoms with Gasteiger partial charge in [-0.3, -0.25) is 4.79 Å². The number of aliphatic hydroxyl groups is 1. The maximum absolute atomic E-state index is 13.3. The molecule has 4 aliphatic rings. The van der Waals surface area contributed by atoms with E-state index in [1.807, 2.05) is 0 Å². The van der Waals surface area contributed by atoms with Gasteiger partial charge in [-0.05, 0) is 128 Å². The number of hydrogen-bond donors (Lipinski definition) is 2. The van der Waals surface area contributed by atoms with Gasteiger partial charge in [-0.25, -0.2) is 4.79 Å². The quantitative estimate of drug-likeness (QED) is 0.158. The molecule has 1 amide bonds. The van der Waals surface area contributed by atoms with E-state index in [0.29, 0.717) is 51.9 Å². The molecule has 0 heterocycles. The number of allylic oxidation sites excluding steroid dienone is 2. The van der Waals surface area contributed by atoms with E-state index in [4.69, 9.17) is 9.47 Å². The Kier molecular flexibility index (Phi) is 9.94. The first-order valence-electron chi connectivity index (χ1n) is 17.5. The Morgan fingerprint density at radius 1 is 1.02 bits per heavy atom. The number of methoxy groups -OCH3 is 2. The number of fused-ring (bicyclic) bond motifs is 5. The Hall–Kier alpha value is -2.60. The monoisotopic (exact) mass is 619 g/mol. The lowest BCUT2D eigenvalue weighted by atomic mass is 9.44. The van der Waals surface area contributed by atoms with Crippen LogP contribution in [-0.4, -0.2) is 37.3 Å². The van der Waals surface area contributed by atoms with Gasteiger partial charge in [0.1, 0.15) is 5.75 Å². The Morgan fingerprint density at radius 2 is 1.73 bits per heavy atom. The minimum atomic E-state index is -0.909. The van der Waals surface area contributed by atoms with E-state index in [1.54, 1.807) is 36.9 Å². The summed E-state index contributed by atoms with van der Waals surface area (Å²) in [6, 6.07) is 6.14. The molecule has 248 valence electrons. The molecule has 0 aromatic heterocycles. The molecule has 2 unspecified atom stereocenters. The number of carbonyl (C=O) groups excluding carboxylic acids is 2. The van der Waals surface area contributed by atoms with Crippen LogP contribution in [-0.2, 0) is 14.3 Å². The lowest BCUT2D eigenvalue weighted by molar-refractivity contribution is -0.145. The molecule has 11 atom stereocenters. The zero-order valence-electron chi connectivity index (χ0n) is 28.7. The number of rotatable bonds is 10. The highest BCUT2D eigenvalue weighted by Gasteiger charge is 2.59. The maximum Gasteiger partial charge on any atom is 0.333 e. The van der Waals surface area contributed by atoms with Crippen LogP contribution in [0.2, 0.25) is 0 Å². The Labute approximate surface area is 271 Å². The third-order valence-corrected chi connectivity index (χ3v) is 13.4. The number of ether oxygens (including phenoxy) is 2. The fourth-order valence-corrected chi connectivity index (χ4v) is 10.5. The second-order valence-corrected chi connectivity index (χ2v) is 15.5. The van der Waals surface area contributed by atoms with Crippen molar-refractivity contribution in [2.75, 3.05) is 14.2 Å². The van der Waals surface area contributed by atoms with Crippen LogP contribution in [0.5, 0.6) is 5.75 Å². The first-order valence-corrected chi connectivity index (χ1v) is 17.5. The molecule has 1 aromatic carbocycles. The normalized spacial score (nSPS) is 35.9. The number of benzene rings is 1. The summed E-state index contributed by atoms with van der Waals surface area (Å²) in [6.45, 7) is 16.0.